The van der Waals surface area contributed by atoms with E-state index >= 15 is 0 Å². The van der Waals surface area contributed by atoms with Gasteiger partial charge in [0, 0.05) is 30.6 Å². The van der Waals surface area contributed by atoms with Gasteiger partial charge in [-0.05, 0) is 37.5 Å². The first-order valence-corrected chi connectivity index (χ1v) is 11.6. The minimum atomic E-state index is 0.519. The minimum Gasteiger partial charge on any atom is -0.385 e. The van der Waals surface area contributed by atoms with Crippen molar-refractivity contribution in [3.63, 3.8) is 0 Å². The van der Waals surface area contributed by atoms with E-state index in [0.29, 0.717) is 16.4 Å². The van der Waals surface area contributed by atoms with Gasteiger partial charge in [-0.2, -0.15) is 11.8 Å². The molecule has 0 saturated heterocycles. The van der Waals surface area contributed by atoms with Crippen molar-refractivity contribution in [3.8, 4) is 0 Å². The summed E-state index contributed by atoms with van der Waals surface area (Å²) in [5, 5.41) is 1.19. The van der Waals surface area contributed by atoms with Crippen molar-refractivity contribution in [2.45, 2.75) is 109 Å². The molecule has 0 spiro atoms. The minimum absolute atomic E-state index is 0.519. The topological polar surface area (TPSA) is 26.3 Å². The average Bonchev–Trinajstić information content (AvgIpc) is 2.59. The van der Waals surface area contributed by atoms with Crippen LogP contribution in [0.4, 0.5) is 0 Å². The first kappa shape index (κ1) is 25.0. The van der Waals surface area contributed by atoms with Crippen LogP contribution in [0, 0.1) is 11.8 Å². The third-order valence-corrected chi connectivity index (χ3v) is 7.05. The van der Waals surface area contributed by atoms with Crippen LogP contribution in [0.2, 0.25) is 0 Å². The maximum atomic E-state index is 11.1. The highest BCUT2D eigenvalue weighted by Gasteiger charge is 2.20. The Morgan fingerprint density at radius 3 is 2.20 bits per heavy atom. The molecule has 0 rings (SSSR count). The molecule has 0 aliphatic heterocycles. The van der Waals surface area contributed by atoms with Crippen molar-refractivity contribution in [2.75, 3.05) is 13.7 Å². The number of unbranched alkanes of at least 4 members (excludes halogenated alkanes) is 5. The predicted octanol–water partition coefficient (Wildman–Crippen LogP) is 6.91. The van der Waals surface area contributed by atoms with Crippen LogP contribution in [0.15, 0.2) is 0 Å². The maximum Gasteiger partial charge on any atom is 0.121 e. The molecule has 25 heavy (non-hydrogen) atoms. The van der Waals surface area contributed by atoms with Gasteiger partial charge in [0.15, 0.2) is 0 Å². The first-order chi connectivity index (χ1) is 12.0. The van der Waals surface area contributed by atoms with Crippen molar-refractivity contribution in [1.29, 1.82) is 0 Å². The summed E-state index contributed by atoms with van der Waals surface area (Å²) in [6.07, 6.45) is 14.8. The molecule has 0 saturated carbocycles. The van der Waals surface area contributed by atoms with Gasteiger partial charge in [0.25, 0.3) is 0 Å². The molecule has 3 atom stereocenters. The summed E-state index contributed by atoms with van der Waals surface area (Å²) in [5.74, 6) is 1.41. The number of aldehydes is 1. The molecule has 3 unspecified atom stereocenters. The molecule has 0 aliphatic carbocycles. The molecular formula is C22H44O2S. The predicted molar refractivity (Wildman–Crippen MR) is 114 cm³/mol. The Balaban J connectivity index is 4.22. The van der Waals surface area contributed by atoms with Crippen LogP contribution >= 0.6 is 11.8 Å². The van der Waals surface area contributed by atoms with Crippen LogP contribution in [-0.4, -0.2) is 30.5 Å². The van der Waals surface area contributed by atoms with Crippen LogP contribution in [0.5, 0.6) is 0 Å². The molecule has 0 aliphatic rings. The second-order valence-electron chi connectivity index (χ2n) is 7.96. The van der Waals surface area contributed by atoms with E-state index in [1.807, 2.05) is 0 Å². The number of carbonyl (C=O) groups is 1. The van der Waals surface area contributed by atoms with Gasteiger partial charge < -0.3 is 9.53 Å². The molecule has 0 aromatic heterocycles. The van der Waals surface area contributed by atoms with Gasteiger partial charge in [0.2, 0.25) is 0 Å². The number of carbonyl (C=O) groups excluding carboxylic acids is 1. The SMILES string of the molecule is CCCCCCCCC(CC=O)SC(CCC(C)CCOC)C(C)C. The number of hydrogen-bond donors (Lipinski definition) is 0. The fourth-order valence-corrected chi connectivity index (χ4v) is 4.79. The fourth-order valence-electron chi connectivity index (χ4n) is 3.22. The van der Waals surface area contributed by atoms with E-state index in [2.05, 4.69) is 39.5 Å². The fraction of sp³-hybridized carbons (Fsp3) is 0.955. The summed E-state index contributed by atoms with van der Waals surface area (Å²) in [6, 6.07) is 0. The van der Waals surface area contributed by atoms with Gasteiger partial charge in [-0.1, -0.05) is 66.2 Å². The highest BCUT2D eigenvalue weighted by molar-refractivity contribution is 8.00. The van der Waals surface area contributed by atoms with E-state index in [-0.39, 0.29) is 0 Å². The van der Waals surface area contributed by atoms with E-state index in [1.165, 1.54) is 57.8 Å². The van der Waals surface area contributed by atoms with Gasteiger partial charge in [-0.15, -0.1) is 0 Å². The maximum absolute atomic E-state index is 11.1. The number of thioether (sulfide) groups is 1. The Kier molecular flexibility index (Phi) is 17.4. The summed E-state index contributed by atoms with van der Waals surface area (Å²) in [7, 11) is 1.78. The van der Waals surface area contributed by atoms with Crippen molar-refractivity contribution in [1.82, 2.24) is 0 Å². The Bertz CT molecular complexity index is 294. The number of methoxy groups -OCH3 is 1. The molecule has 0 aromatic carbocycles. The third kappa shape index (κ3) is 14.8. The lowest BCUT2D eigenvalue weighted by Crippen LogP contribution is -2.18. The second kappa shape index (κ2) is 17.4. The van der Waals surface area contributed by atoms with Crippen molar-refractivity contribution < 1.29 is 9.53 Å². The highest BCUT2D eigenvalue weighted by atomic mass is 32.2. The number of ether oxygens (including phenoxy) is 1. The molecule has 0 fully saturated rings. The summed E-state index contributed by atoms with van der Waals surface area (Å²) in [5.41, 5.74) is 0. The molecule has 3 heteroatoms. The van der Waals surface area contributed by atoms with Crippen LogP contribution in [0.1, 0.15) is 98.3 Å². The normalized spacial score (nSPS) is 15.3. The van der Waals surface area contributed by atoms with Crippen molar-refractivity contribution in [2.24, 2.45) is 11.8 Å². The molecule has 0 aromatic rings. The Hall–Kier alpha value is -0.0200. The highest BCUT2D eigenvalue weighted by Crippen LogP contribution is 2.33. The Morgan fingerprint density at radius 2 is 1.60 bits per heavy atom. The largest absolute Gasteiger partial charge is 0.385 e. The lowest BCUT2D eigenvalue weighted by Gasteiger charge is -2.26. The molecular weight excluding hydrogens is 328 g/mol. The van der Waals surface area contributed by atoms with Crippen LogP contribution in [0.3, 0.4) is 0 Å². The molecule has 0 amide bonds. The van der Waals surface area contributed by atoms with E-state index in [9.17, 15) is 4.79 Å². The molecule has 0 N–H and O–H groups in total. The smallest absolute Gasteiger partial charge is 0.121 e. The average molecular weight is 373 g/mol. The summed E-state index contributed by atoms with van der Waals surface area (Å²) >= 11 is 2.09. The monoisotopic (exact) mass is 372 g/mol. The standard InChI is InChI=1S/C22H44O2S/c1-6-7-8-9-10-11-12-21(15-17-23)25-22(19(2)3)14-13-20(4)16-18-24-5/h17,19-22H,6-16,18H2,1-5H3. The van der Waals surface area contributed by atoms with Crippen LogP contribution in [-0.2, 0) is 9.53 Å². The number of rotatable bonds is 18. The van der Waals surface area contributed by atoms with E-state index in [0.717, 1.165) is 31.7 Å². The van der Waals surface area contributed by atoms with Crippen molar-refractivity contribution in [3.05, 3.63) is 0 Å². The Morgan fingerprint density at radius 1 is 0.920 bits per heavy atom. The lowest BCUT2D eigenvalue weighted by molar-refractivity contribution is -0.107. The molecule has 2 nitrogen and oxygen atoms in total. The zero-order chi connectivity index (χ0) is 18.9. The third-order valence-electron chi connectivity index (χ3n) is 5.11. The molecule has 0 heterocycles. The zero-order valence-electron chi connectivity index (χ0n) is 17.6. The van der Waals surface area contributed by atoms with Crippen LogP contribution in [0.25, 0.3) is 0 Å². The van der Waals surface area contributed by atoms with Gasteiger partial charge >= 0.3 is 0 Å². The van der Waals surface area contributed by atoms with Gasteiger partial charge in [-0.25, -0.2) is 0 Å². The summed E-state index contributed by atoms with van der Waals surface area (Å²) in [4.78, 5) is 11.1. The number of hydrogen-bond acceptors (Lipinski definition) is 3. The molecule has 0 radical (unpaired) electrons. The van der Waals surface area contributed by atoms with E-state index in [1.54, 1.807) is 7.11 Å². The zero-order valence-corrected chi connectivity index (χ0v) is 18.4. The van der Waals surface area contributed by atoms with Gasteiger partial charge in [0.1, 0.15) is 6.29 Å². The quantitative estimate of drug-likeness (QED) is 0.193. The lowest BCUT2D eigenvalue weighted by atomic mass is 9.97. The Labute approximate surface area is 162 Å². The van der Waals surface area contributed by atoms with Gasteiger partial charge in [0.05, 0.1) is 0 Å². The first-order valence-electron chi connectivity index (χ1n) is 10.6. The summed E-state index contributed by atoms with van der Waals surface area (Å²) in [6.45, 7) is 10.1. The molecule has 0 bridgehead atoms. The van der Waals surface area contributed by atoms with E-state index in [4.69, 9.17) is 4.74 Å². The van der Waals surface area contributed by atoms with Gasteiger partial charge in [-0.3, -0.25) is 0 Å². The second-order valence-corrected chi connectivity index (χ2v) is 9.51. The molecule has 150 valence electrons. The summed E-state index contributed by atoms with van der Waals surface area (Å²) < 4.78 is 5.20. The van der Waals surface area contributed by atoms with Crippen LogP contribution < -0.4 is 0 Å². The van der Waals surface area contributed by atoms with Crippen molar-refractivity contribution >= 4 is 18.0 Å². The van der Waals surface area contributed by atoms with E-state index < -0.39 is 0 Å².